The molecule has 0 unspecified atom stereocenters. The highest BCUT2D eigenvalue weighted by molar-refractivity contribution is 6.51. The minimum absolute atomic E-state index is 0.0622. The first kappa shape index (κ1) is 11.2. The second kappa shape index (κ2) is 3.91. The average molecular weight is 233 g/mol. The van der Waals surface area contributed by atoms with Crippen LogP contribution in [0.25, 0.3) is 5.57 Å². The molecule has 2 heteroatoms. The fourth-order valence-electron chi connectivity index (χ4n) is 1.87. The molecule has 0 heterocycles. The van der Waals surface area contributed by atoms with E-state index in [1.165, 1.54) is 5.57 Å². The predicted molar refractivity (Wildman–Crippen MR) is 67.6 cm³/mol. The van der Waals surface area contributed by atoms with Gasteiger partial charge in [0, 0.05) is 11.1 Å². The van der Waals surface area contributed by atoms with Gasteiger partial charge in [-0.25, -0.2) is 0 Å². The highest BCUT2D eigenvalue weighted by atomic mass is 35.5. The van der Waals surface area contributed by atoms with E-state index in [1.54, 1.807) is 0 Å². The third kappa shape index (κ3) is 1.52. The Labute approximate surface area is 100 Å². The zero-order valence-corrected chi connectivity index (χ0v) is 10.4. The number of carbonyl (C=O) groups excluding carboxylic acids is 1. The van der Waals surface area contributed by atoms with Gasteiger partial charge < -0.3 is 0 Å². The third-order valence-electron chi connectivity index (χ3n) is 2.98. The van der Waals surface area contributed by atoms with Crippen molar-refractivity contribution in [3.05, 3.63) is 51.6 Å². The van der Waals surface area contributed by atoms with Crippen molar-refractivity contribution in [1.82, 2.24) is 0 Å². The van der Waals surface area contributed by atoms with E-state index in [-0.39, 0.29) is 5.78 Å². The second-order valence-electron chi connectivity index (χ2n) is 4.19. The molecule has 0 atom stereocenters. The summed E-state index contributed by atoms with van der Waals surface area (Å²) in [6.07, 6.45) is 0. The molecule has 0 amide bonds. The lowest BCUT2D eigenvalue weighted by molar-refractivity contribution is 0.104. The van der Waals surface area contributed by atoms with Gasteiger partial charge in [0.15, 0.2) is 0 Å². The topological polar surface area (TPSA) is 17.1 Å². The van der Waals surface area contributed by atoms with Crippen LogP contribution < -0.4 is 0 Å². The third-order valence-corrected chi connectivity index (χ3v) is 3.35. The summed E-state index contributed by atoms with van der Waals surface area (Å²) in [6.45, 7) is 6.05. The molecule has 82 valence electrons. The quantitative estimate of drug-likeness (QED) is 0.710. The first-order valence-corrected chi connectivity index (χ1v) is 5.60. The van der Waals surface area contributed by atoms with E-state index >= 15 is 0 Å². The van der Waals surface area contributed by atoms with Crippen LogP contribution in [0.3, 0.4) is 0 Å². The molecule has 0 saturated heterocycles. The first-order valence-electron chi connectivity index (χ1n) is 5.22. The van der Waals surface area contributed by atoms with Gasteiger partial charge in [-0.3, -0.25) is 4.79 Å². The number of rotatable bonds is 1. The first-order chi connectivity index (χ1) is 7.54. The van der Waals surface area contributed by atoms with Gasteiger partial charge in [-0.15, -0.1) is 0 Å². The molecule has 0 bridgehead atoms. The molecule has 0 radical (unpaired) electrons. The van der Waals surface area contributed by atoms with Crippen LogP contribution in [0.15, 0.2) is 40.4 Å². The summed E-state index contributed by atoms with van der Waals surface area (Å²) in [5.74, 6) is -0.0622. The molecule has 0 aliphatic heterocycles. The molecule has 1 nitrogen and oxygen atoms in total. The number of halogens is 1. The van der Waals surface area contributed by atoms with Crippen molar-refractivity contribution in [2.75, 3.05) is 0 Å². The van der Waals surface area contributed by atoms with E-state index in [0.717, 1.165) is 16.7 Å². The van der Waals surface area contributed by atoms with Crippen molar-refractivity contribution >= 4 is 23.0 Å². The average Bonchev–Trinajstić information content (AvgIpc) is 2.52. The Morgan fingerprint density at radius 1 is 1.06 bits per heavy atom. The van der Waals surface area contributed by atoms with Gasteiger partial charge in [0.05, 0.1) is 5.03 Å². The number of hydrogen-bond acceptors (Lipinski definition) is 1. The molecule has 0 fully saturated rings. The number of hydrogen-bond donors (Lipinski definition) is 0. The zero-order chi connectivity index (χ0) is 11.9. The fourth-order valence-corrected chi connectivity index (χ4v) is 2.21. The van der Waals surface area contributed by atoms with Crippen molar-refractivity contribution in [3.8, 4) is 0 Å². The Balaban J connectivity index is 2.72. The highest BCUT2D eigenvalue weighted by Crippen LogP contribution is 2.39. The maximum Gasteiger partial charge on any atom is 0.205 e. The van der Waals surface area contributed by atoms with Crippen molar-refractivity contribution in [2.45, 2.75) is 20.8 Å². The fraction of sp³-hybridized carbons (Fsp3) is 0.214. The molecule has 0 N–H and O–H groups in total. The Morgan fingerprint density at radius 3 is 2.19 bits per heavy atom. The Hall–Kier alpha value is -1.34. The van der Waals surface area contributed by atoms with Gasteiger partial charge in [0.2, 0.25) is 5.78 Å². The Bertz CT molecular complexity index is 531. The monoisotopic (exact) mass is 232 g/mol. The lowest BCUT2D eigenvalue weighted by atomic mass is 9.97. The van der Waals surface area contributed by atoms with Gasteiger partial charge in [-0.1, -0.05) is 41.4 Å². The number of allylic oxidation sites excluding steroid dienone is 4. The number of fused-ring (bicyclic) bond motifs is 1. The van der Waals surface area contributed by atoms with E-state index in [1.807, 2.05) is 45.0 Å². The number of benzene rings is 1. The molecule has 0 saturated carbocycles. The maximum atomic E-state index is 11.9. The van der Waals surface area contributed by atoms with Crippen molar-refractivity contribution < 1.29 is 4.79 Å². The Kier molecular flexibility index (Phi) is 2.73. The number of carbonyl (C=O) groups is 1. The molecule has 1 aliphatic rings. The summed E-state index contributed by atoms with van der Waals surface area (Å²) in [5.41, 5.74) is 4.82. The predicted octanol–water partition coefficient (Wildman–Crippen LogP) is 4.19. The maximum absolute atomic E-state index is 11.9. The lowest BCUT2D eigenvalue weighted by Gasteiger charge is -2.07. The van der Waals surface area contributed by atoms with Gasteiger partial charge in [0.1, 0.15) is 0 Å². The lowest BCUT2D eigenvalue weighted by Crippen LogP contribution is -1.92. The molecule has 0 spiro atoms. The molecule has 2 rings (SSSR count). The minimum atomic E-state index is -0.0622. The van der Waals surface area contributed by atoms with Gasteiger partial charge >= 0.3 is 0 Å². The Morgan fingerprint density at radius 2 is 1.62 bits per heavy atom. The van der Waals surface area contributed by atoms with Crippen molar-refractivity contribution in [3.63, 3.8) is 0 Å². The highest BCUT2D eigenvalue weighted by Gasteiger charge is 2.28. The van der Waals surface area contributed by atoms with Crippen molar-refractivity contribution in [1.29, 1.82) is 0 Å². The van der Waals surface area contributed by atoms with Crippen LogP contribution in [0, 0.1) is 0 Å². The van der Waals surface area contributed by atoms with Crippen LogP contribution in [0.5, 0.6) is 0 Å². The molecule has 1 aliphatic carbocycles. The van der Waals surface area contributed by atoms with Crippen LogP contribution in [-0.4, -0.2) is 5.78 Å². The van der Waals surface area contributed by atoms with Gasteiger partial charge in [-0.2, -0.15) is 0 Å². The van der Waals surface area contributed by atoms with E-state index in [2.05, 4.69) is 0 Å². The van der Waals surface area contributed by atoms with Crippen LogP contribution in [0.4, 0.5) is 0 Å². The van der Waals surface area contributed by atoms with Crippen LogP contribution >= 0.6 is 11.6 Å². The molecule has 1 aromatic carbocycles. The standard InChI is InChI=1S/C14H13ClO/c1-8(2)9(3)12-10-6-4-5-7-11(10)14(16)13(12)15/h4-7H,1-3H3. The molecule has 1 aromatic rings. The summed E-state index contributed by atoms with van der Waals surface area (Å²) in [4.78, 5) is 11.9. The summed E-state index contributed by atoms with van der Waals surface area (Å²) >= 11 is 6.13. The van der Waals surface area contributed by atoms with E-state index < -0.39 is 0 Å². The smallest absolute Gasteiger partial charge is 0.205 e. The normalized spacial score (nSPS) is 14.1. The van der Waals surface area contributed by atoms with Gasteiger partial charge in [0.25, 0.3) is 0 Å². The summed E-state index contributed by atoms with van der Waals surface area (Å²) < 4.78 is 0. The van der Waals surface area contributed by atoms with Crippen LogP contribution in [0.1, 0.15) is 36.7 Å². The number of Topliss-reactive ketones (excluding diaryl/α,β-unsaturated/α-hetero) is 1. The van der Waals surface area contributed by atoms with Crippen molar-refractivity contribution in [2.24, 2.45) is 0 Å². The molecular formula is C14H13ClO. The van der Waals surface area contributed by atoms with E-state index in [9.17, 15) is 4.79 Å². The summed E-state index contributed by atoms with van der Waals surface area (Å²) in [6, 6.07) is 7.57. The van der Waals surface area contributed by atoms with E-state index in [4.69, 9.17) is 11.6 Å². The van der Waals surface area contributed by atoms with Crippen LogP contribution in [0.2, 0.25) is 0 Å². The largest absolute Gasteiger partial charge is 0.288 e. The van der Waals surface area contributed by atoms with Gasteiger partial charge in [-0.05, 0) is 31.9 Å². The molecular weight excluding hydrogens is 220 g/mol. The summed E-state index contributed by atoms with van der Waals surface area (Å²) in [7, 11) is 0. The zero-order valence-electron chi connectivity index (χ0n) is 9.60. The SMILES string of the molecule is CC(C)=C(C)C1=C(Cl)C(=O)c2ccccc21. The minimum Gasteiger partial charge on any atom is -0.288 e. The summed E-state index contributed by atoms with van der Waals surface area (Å²) in [5, 5.41) is 0.347. The van der Waals surface area contributed by atoms with Crippen LogP contribution in [-0.2, 0) is 0 Å². The second-order valence-corrected chi connectivity index (χ2v) is 4.57. The number of ketones is 1. The molecule has 0 aromatic heterocycles. The van der Waals surface area contributed by atoms with E-state index in [0.29, 0.717) is 10.6 Å². The molecule has 16 heavy (non-hydrogen) atoms.